The molecule has 0 aromatic carbocycles. The van der Waals surface area contributed by atoms with E-state index in [2.05, 4.69) is 60.6 Å². The van der Waals surface area contributed by atoms with Gasteiger partial charge in [-0.25, -0.2) is 0 Å². The first-order valence-electron chi connectivity index (χ1n) is 20.6. The molecule has 6 fully saturated rings. The summed E-state index contributed by atoms with van der Waals surface area (Å²) in [6.45, 7) is 14.8. The minimum Gasteiger partial charge on any atom is -0.396 e. The zero-order chi connectivity index (χ0) is 40.3. The van der Waals surface area contributed by atoms with Gasteiger partial charge in [0.15, 0.2) is 12.6 Å². The van der Waals surface area contributed by atoms with Gasteiger partial charge >= 0.3 is 0 Å². The van der Waals surface area contributed by atoms with Crippen LogP contribution in [0.5, 0.6) is 0 Å². The molecule has 2 aliphatic heterocycles. The lowest BCUT2D eigenvalue weighted by atomic mass is 9.35. The summed E-state index contributed by atoms with van der Waals surface area (Å²) in [5.41, 5.74) is 1.19. The lowest BCUT2D eigenvalue weighted by Crippen LogP contribution is -2.66. The summed E-state index contributed by atoms with van der Waals surface area (Å²) in [5, 5.41) is 96.2. The van der Waals surface area contributed by atoms with Crippen molar-refractivity contribution in [2.45, 2.75) is 173 Å². The molecule has 2 heterocycles. The number of fused-ring (bicyclic) bond motifs is 7. The summed E-state index contributed by atoms with van der Waals surface area (Å²) in [4.78, 5) is 0. The van der Waals surface area contributed by atoms with E-state index in [1.165, 1.54) is 11.1 Å². The number of hydrogen-bond donors (Lipinski definition) is 9. The molecule has 13 heteroatoms. The summed E-state index contributed by atoms with van der Waals surface area (Å²) in [6.07, 6.45) is -4.88. The van der Waals surface area contributed by atoms with E-state index in [-0.39, 0.29) is 40.1 Å². The molecule has 7 aliphatic rings. The molecule has 314 valence electrons. The van der Waals surface area contributed by atoms with Crippen LogP contribution in [0.3, 0.4) is 0 Å². The van der Waals surface area contributed by atoms with Gasteiger partial charge in [-0.05, 0) is 84.9 Å². The fourth-order valence-electron chi connectivity index (χ4n) is 13.1. The first kappa shape index (κ1) is 42.1. The molecule has 4 saturated carbocycles. The standard InChI is InChI=1S/C42H68O13/c1-37(2)14-15-42(20-45)22(16-37)21-8-9-26-39(5)12-11-28(38(3,4)25(39)10-13-40(26,6)41(21,7)17-27(42)46)54-36-34(32(50)30(48)24(19-44)53-36)55-35-33(51)31(49)29(47)23(18-43)52-35/h8-9,22-25,27-36,43-51H,10-20H2,1-7H3. The predicted octanol–water partition coefficient (Wildman–Crippen LogP) is 1.68. The third kappa shape index (κ3) is 6.20. The molecule has 0 aromatic rings. The monoisotopic (exact) mass is 780 g/mol. The predicted molar refractivity (Wildman–Crippen MR) is 199 cm³/mol. The lowest BCUT2D eigenvalue weighted by molar-refractivity contribution is -0.377. The first-order chi connectivity index (χ1) is 25.7. The van der Waals surface area contributed by atoms with E-state index < -0.39 is 97.7 Å². The van der Waals surface area contributed by atoms with E-state index in [4.69, 9.17) is 18.9 Å². The minimum absolute atomic E-state index is 0.0147. The van der Waals surface area contributed by atoms with Crippen LogP contribution in [0, 0.1) is 44.3 Å². The Balaban J connectivity index is 1.17. The quantitative estimate of drug-likeness (QED) is 0.168. The summed E-state index contributed by atoms with van der Waals surface area (Å²) in [7, 11) is 0. The molecule has 7 rings (SSSR count). The Bertz CT molecular complexity index is 1500. The van der Waals surface area contributed by atoms with Crippen molar-refractivity contribution in [3.05, 3.63) is 23.3 Å². The molecular formula is C42H68O13. The second kappa shape index (κ2) is 14.3. The summed E-state index contributed by atoms with van der Waals surface area (Å²) in [5.74, 6) is 0.258. The SMILES string of the molecule is CC1(C)CCC2(CO)C(O)CC3(C)C(=CC=C4C5(C)CCC(OC6OC(CO)C(O)C(O)C6OC6OC(CO)C(O)C(O)C6O)C(C)(C)C5CCC43C)C2C1. The summed E-state index contributed by atoms with van der Waals surface area (Å²) >= 11 is 0. The molecule has 0 radical (unpaired) electrons. The van der Waals surface area contributed by atoms with Crippen LogP contribution < -0.4 is 0 Å². The van der Waals surface area contributed by atoms with Gasteiger partial charge in [0.25, 0.3) is 0 Å². The van der Waals surface area contributed by atoms with Crippen LogP contribution in [0.2, 0.25) is 0 Å². The Morgan fingerprint density at radius 1 is 0.655 bits per heavy atom. The lowest BCUT2D eigenvalue weighted by Gasteiger charge is -2.69. The van der Waals surface area contributed by atoms with Gasteiger partial charge in [0.1, 0.15) is 48.8 Å². The van der Waals surface area contributed by atoms with Crippen molar-refractivity contribution in [3.63, 3.8) is 0 Å². The van der Waals surface area contributed by atoms with Crippen molar-refractivity contribution in [1.82, 2.24) is 0 Å². The second-order valence-electron chi connectivity index (χ2n) is 20.4. The molecule has 18 atom stereocenters. The summed E-state index contributed by atoms with van der Waals surface area (Å²) < 4.78 is 24.4. The number of hydrogen-bond acceptors (Lipinski definition) is 13. The average Bonchev–Trinajstić information content (AvgIpc) is 3.12. The van der Waals surface area contributed by atoms with Gasteiger partial charge in [-0.2, -0.15) is 0 Å². The first-order valence-corrected chi connectivity index (χ1v) is 20.6. The second-order valence-corrected chi connectivity index (χ2v) is 20.4. The van der Waals surface area contributed by atoms with E-state index in [1.54, 1.807) is 0 Å². The van der Waals surface area contributed by atoms with Crippen LogP contribution in [0.4, 0.5) is 0 Å². The van der Waals surface area contributed by atoms with Crippen LogP contribution in [0.15, 0.2) is 23.3 Å². The minimum atomic E-state index is -1.75. The molecule has 0 bridgehead atoms. The molecule has 13 nitrogen and oxygen atoms in total. The molecule has 0 spiro atoms. The zero-order valence-corrected chi connectivity index (χ0v) is 33.7. The number of allylic oxidation sites excluding steroid dienone is 4. The third-order valence-corrected chi connectivity index (χ3v) is 16.8. The van der Waals surface area contributed by atoms with Crippen LogP contribution in [-0.4, -0.2) is 139 Å². The highest BCUT2D eigenvalue weighted by molar-refractivity contribution is 5.46. The smallest absolute Gasteiger partial charge is 0.187 e. The normalized spacial score (nSPS) is 53.2. The van der Waals surface area contributed by atoms with Gasteiger partial charge in [-0.15, -0.1) is 0 Å². The van der Waals surface area contributed by atoms with Crippen LogP contribution in [0.25, 0.3) is 0 Å². The van der Waals surface area contributed by atoms with Crippen molar-refractivity contribution in [3.8, 4) is 0 Å². The zero-order valence-electron chi connectivity index (χ0n) is 33.7. The van der Waals surface area contributed by atoms with Crippen LogP contribution in [-0.2, 0) is 18.9 Å². The maximum Gasteiger partial charge on any atom is 0.187 e. The van der Waals surface area contributed by atoms with Gasteiger partial charge in [-0.1, -0.05) is 71.8 Å². The van der Waals surface area contributed by atoms with Crippen molar-refractivity contribution < 1.29 is 64.9 Å². The fourth-order valence-corrected chi connectivity index (χ4v) is 13.1. The highest BCUT2D eigenvalue weighted by atomic mass is 16.8. The van der Waals surface area contributed by atoms with Crippen molar-refractivity contribution in [1.29, 1.82) is 0 Å². The van der Waals surface area contributed by atoms with Gasteiger partial charge in [0.05, 0.1) is 32.0 Å². The van der Waals surface area contributed by atoms with Gasteiger partial charge in [0, 0.05) is 10.8 Å². The highest BCUT2D eigenvalue weighted by Crippen LogP contribution is 2.74. The Morgan fingerprint density at radius 3 is 1.93 bits per heavy atom. The highest BCUT2D eigenvalue weighted by Gasteiger charge is 2.68. The van der Waals surface area contributed by atoms with E-state index in [1.807, 2.05) is 0 Å². The Hall–Kier alpha value is -1.04. The number of rotatable bonds is 7. The third-order valence-electron chi connectivity index (χ3n) is 16.8. The van der Waals surface area contributed by atoms with E-state index in [9.17, 15) is 46.0 Å². The Kier molecular flexibility index (Phi) is 11.0. The van der Waals surface area contributed by atoms with Crippen molar-refractivity contribution in [2.24, 2.45) is 44.3 Å². The van der Waals surface area contributed by atoms with E-state index in [0.717, 1.165) is 38.5 Å². The molecule has 18 unspecified atom stereocenters. The van der Waals surface area contributed by atoms with E-state index in [0.29, 0.717) is 12.8 Å². The molecule has 2 saturated heterocycles. The number of aliphatic hydroxyl groups is 9. The fraction of sp³-hybridized carbons (Fsp3) is 0.905. The number of ether oxygens (including phenoxy) is 4. The van der Waals surface area contributed by atoms with Crippen LogP contribution in [0.1, 0.15) is 99.8 Å². The molecule has 0 amide bonds. The molecule has 5 aliphatic carbocycles. The van der Waals surface area contributed by atoms with E-state index >= 15 is 0 Å². The van der Waals surface area contributed by atoms with Crippen molar-refractivity contribution >= 4 is 0 Å². The number of aliphatic hydroxyl groups excluding tert-OH is 9. The largest absolute Gasteiger partial charge is 0.396 e. The molecule has 0 aromatic heterocycles. The van der Waals surface area contributed by atoms with Gasteiger partial charge < -0.3 is 64.9 Å². The van der Waals surface area contributed by atoms with Crippen molar-refractivity contribution in [2.75, 3.05) is 19.8 Å². The van der Waals surface area contributed by atoms with Gasteiger partial charge in [-0.3, -0.25) is 0 Å². The Morgan fingerprint density at radius 2 is 1.29 bits per heavy atom. The molecule has 9 N–H and O–H groups in total. The maximum absolute atomic E-state index is 12.0. The maximum atomic E-state index is 12.0. The average molecular weight is 781 g/mol. The van der Waals surface area contributed by atoms with Gasteiger partial charge in [0.2, 0.25) is 0 Å². The van der Waals surface area contributed by atoms with Crippen LogP contribution >= 0.6 is 0 Å². The Labute approximate surface area is 325 Å². The molecule has 55 heavy (non-hydrogen) atoms. The topological polar surface area (TPSA) is 219 Å². The molecular weight excluding hydrogens is 712 g/mol. The summed E-state index contributed by atoms with van der Waals surface area (Å²) in [6, 6.07) is 0.